The van der Waals surface area contributed by atoms with Crippen LogP contribution in [-0.4, -0.2) is 17.4 Å². The first-order valence-electron chi connectivity index (χ1n) is 6.78. The third kappa shape index (κ3) is 3.83. The summed E-state index contributed by atoms with van der Waals surface area (Å²) >= 11 is 0. The Balaban J connectivity index is 2.25. The molecule has 0 saturated carbocycles. The Bertz CT molecular complexity index is 779. The molecule has 7 heteroatoms. The predicted octanol–water partition coefficient (Wildman–Crippen LogP) is 3.12. The van der Waals surface area contributed by atoms with Gasteiger partial charge in [0.15, 0.2) is 0 Å². The Morgan fingerprint density at radius 2 is 2.00 bits per heavy atom. The lowest BCUT2D eigenvalue weighted by Gasteiger charge is -2.08. The van der Waals surface area contributed by atoms with Crippen molar-refractivity contribution in [3.05, 3.63) is 63.7 Å². The van der Waals surface area contributed by atoms with Crippen LogP contribution in [0.1, 0.15) is 22.8 Å². The second kappa shape index (κ2) is 7.04. The fourth-order valence-corrected chi connectivity index (χ4v) is 1.92. The van der Waals surface area contributed by atoms with Gasteiger partial charge in [0, 0.05) is 5.56 Å². The number of nitrogens with zero attached hydrogens (tertiary/aromatic N) is 2. The lowest BCUT2D eigenvalue weighted by molar-refractivity contribution is -0.384. The highest BCUT2D eigenvalue weighted by Gasteiger charge is 2.18. The number of benzene rings is 2. The topological polar surface area (TPSA) is 105 Å². The molecule has 116 valence electrons. The van der Waals surface area contributed by atoms with Gasteiger partial charge < -0.3 is 10.1 Å². The van der Waals surface area contributed by atoms with Crippen LogP contribution in [0.3, 0.4) is 0 Å². The maximum atomic E-state index is 12.2. The summed E-state index contributed by atoms with van der Waals surface area (Å²) in [5.41, 5.74) is 0.548. The van der Waals surface area contributed by atoms with Crippen LogP contribution < -0.4 is 10.1 Å². The Kier molecular flexibility index (Phi) is 4.89. The third-order valence-electron chi connectivity index (χ3n) is 3.00. The molecule has 0 atom stereocenters. The van der Waals surface area contributed by atoms with Crippen LogP contribution in [0.2, 0.25) is 0 Å². The minimum Gasteiger partial charge on any atom is -0.494 e. The van der Waals surface area contributed by atoms with E-state index in [1.54, 1.807) is 13.0 Å². The van der Waals surface area contributed by atoms with Gasteiger partial charge >= 0.3 is 0 Å². The fraction of sp³-hybridized carbons (Fsp3) is 0.125. The van der Waals surface area contributed by atoms with E-state index in [0.29, 0.717) is 23.5 Å². The molecule has 2 aromatic rings. The summed E-state index contributed by atoms with van der Waals surface area (Å²) in [6, 6.07) is 12.1. The molecule has 0 fully saturated rings. The highest BCUT2D eigenvalue weighted by Crippen LogP contribution is 2.29. The molecule has 2 rings (SSSR count). The summed E-state index contributed by atoms with van der Waals surface area (Å²) in [6.07, 6.45) is 0. The number of ether oxygens (including phenoxy) is 1. The number of amides is 1. The quantitative estimate of drug-likeness (QED) is 0.674. The molecule has 0 saturated heterocycles. The monoisotopic (exact) mass is 311 g/mol. The minimum absolute atomic E-state index is 0.0767. The zero-order valence-corrected chi connectivity index (χ0v) is 12.3. The molecule has 0 aliphatic carbocycles. The smallest absolute Gasteiger partial charge is 0.296 e. The van der Waals surface area contributed by atoms with E-state index in [0.717, 1.165) is 0 Å². The van der Waals surface area contributed by atoms with Crippen molar-refractivity contribution in [2.24, 2.45) is 0 Å². The Labute approximate surface area is 132 Å². The maximum Gasteiger partial charge on any atom is 0.296 e. The van der Waals surface area contributed by atoms with Gasteiger partial charge in [0.25, 0.3) is 11.6 Å². The number of nitro groups is 1. The van der Waals surface area contributed by atoms with Crippen LogP contribution in [-0.2, 0) is 0 Å². The molecule has 2 aromatic carbocycles. The number of hydrogen-bond acceptors (Lipinski definition) is 5. The molecule has 0 aromatic heterocycles. The summed E-state index contributed by atoms with van der Waals surface area (Å²) in [7, 11) is 0. The Morgan fingerprint density at radius 3 is 2.57 bits per heavy atom. The molecule has 0 aliphatic rings. The molecule has 1 N–H and O–H groups in total. The van der Waals surface area contributed by atoms with Crippen molar-refractivity contribution in [2.75, 3.05) is 11.9 Å². The second-order valence-electron chi connectivity index (χ2n) is 4.51. The Hall–Kier alpha value is -3.40. The van der Waals surface area contributed by atoms with Gasteiger partial charge in [-0.15, -0.1) is 0 Å². The molecular weight excluding hydrogens is 298 g/mol. The second-order valence-corrected chi connectivity index (χ2v) is 4.51. The number of nitro benzene ring substituents is 1. The van der Waals surface area contributed by atoms with E-state index < -0.39 is 10.8 Å². The first-order chi connectivity index (χ1) is 11.0. The van der Waals surface area contributed by atoms with Gasteiger partial charge in [-0.25, -0.2) is 0 Å². The van der Waals surface area contributed by atoms with Gasteiger partial charge in [-0.3, -0.25) is 14.9 Å². The molecule has 0 spiro atoms. The molecular formula is C16H13N3O4. The van der Waals surface area contributed by atoms with Gasteiger partial charge in [-0.2, -0.15) is 5.26 Å². The van der Waals surface area contributed by atoms with E-state index in [1.165, 1.54) is 36.4 Å². The highest BCUT2D eigenvalue weighted by atomic mass is 16.6. The average molecular weight is 311 g/mol. The minimum atomic E-state index is -0.586. The van der Waals surface area contributed by atoms with E-state index in [-0.39, 0.29) is 11.4 Å². The lowest BCUT2D eigenvalue weighted by Crippen LogP contribution is -2.13. The number of carbonyl (C=O) groups is 1. The molecule has 0 aliphatic heterocycles. The summed E-state index contributed by atoms with van der Waals surface area (Å²) in [4.78, 5) is 22.7. The van der Waals surface area contributed by atoms with Crippen molar-refractivity contribution >= 4 is 17.3 Å². The third-order valence-corrected chi connectivity index (χ3v) is 3.00. The van der Waals surface area contributed by atoms with Gasteiger partial charge in [0.05, 0.1) is 29.2 Å². The molecule has 0 radical (unpaired) electrons. The van der Waals surface area contributed by atoms with Crippen LogP contribution in [0.15, 0.2) is 42.5 Å². The molecule has 0 bridgehead atoms. The summed E-state index contributed by atoms with van der Waals surface area (Å²) in [5, 5.41) is 22.4. The molecule has 0 heterocycles. The van der Waals surface area contributed by atoms with Gasteiger partial charge in [-0.1, -0.05) is 0 Å². The summed E-state index contributed by atoms with van der Waals surface area (Å²) in [6.45, 7) is 2.15. The lowest BCUT2D eigenvalue weighted by atomic mass is 10.1. The zero-order chi connectivity index (χ0) is 16.8. The summed E-state index contributed by atoms with van der Waals surface area (Å²) in [5.74, 6) is -0.141. The normalized spacial score (nSPS) is 9.74. The summed E-state index contributed by atoms with van der Waals surface area (Å²) < 4.78 is 5.22. The number of nitriles is 1. The maximum absolute atomic E-state index is 12.2. The van der Waals surface area contributed by atoms with Crippen molar-refractivity contribution in [1.29, 1.82) is 5.26 Å². The van der Waals surface area contributed by atoms with Crippen LogP contribution >= 0.6 is 0 Å². The molecule has 7 nitrogen and oxygen atoms in total. The standard InChI is InChI=1S/C16H13N3O4/c1-2-23-13-7-8-14(15(9-13)19(21)22)18-16(20)12-5-3-11(10-17)4-6-12/h3-9H,2H2,1H3,(H,18,20). The largest absolute Gasteiger partial charge is 0.494 e. The van der Waals surface area contributed by atoms with Crippen LogP contribution in [0.25, 0.3) is 0 Å². The van der Waals surface area contributed by atoms with E-state index in [1.807, 2.05) is 6.07 Å². The van der Waals surface area contributed by atoms with Crippen LogP contribution in [0.4, 0.5) is 11.4 Å². The average Bonchev–Trinajstić information content (AvgIpc) is 2.56. The first-order valence-corrected chi connectivity index (χ1v) is 6.78. The van der Waals surface area contributed by atoms with Crippen molar-refractivity contribution in [3.8, 4) is 11.8 Å². The van der Waals surface area contributed by atoms with E-state index in [4.69, 9.17) is 10.00 Å². The SMILES string of the molecule is CCOc1ccc(NC(=O)c2ccc(C#N)cc2)c([N+](=O)[O-])c1. The van der Waals surface area contributed by atoms with Crippen LogP contribution in [0, 0.1) is 21.4 Å². The van der Waals surface area contributed by atoms with Gasteiger partial charge in [-0.05, 0) is 43.3 Å². The first kappa shape index (κ1) is 16.0. The zero-order valence-electron chi connectivity index (χ0n) is 12.3. The fourth-order valence-electron chi connectivity index (χ4n) is 1.92. The highest BCUT2D eigenvalue weighted by molar-refractivity contribution is 6.05. The van der Waals surface area contributed by atoms with Gasteiger partial charge in [0.1, 0.15) is 11.4 Å². The number of nitrogens with one attached hydrogen (secondary N) is 1. The number of anilines is 1. The Morgan fingerprint density at radius 1 is 1.30 bits per heavy atom. The van der Waals surface area contributed by atoms with E-state index >= 15 is 0 Å². The van der Waals surface area contributed by atoms with Crippen molar-refractivity contribution in [3.63, 3.8) is 0 Å². The van der Waals surface area contributed by atoms with Crippen molar-refractivity contribution in [2.45, 2.75) is 6.92 Å². The number of hydrogen-bond donors (Lipinski definition) is 1. The van der Waals surface area contributed by atoms with Crippen molar-refractivity contribution < 1.29 is 14.5 Å². The van der Waals surface area contributed by atoms with Crippen LogP contribution in [0.5, 0.6) is 5.75 Å². The van der Waals surface area contributed by atoms with E-state index in [9.17, 15) is 14.9 Å². The molecule has 23 heavy (non-hydrogen) atoms. The molecule has 0 unspecified atom stereocenters. The molecule has 1 amide bonds. The van der Waals surface area contributed by atoms with Crippen molar-refractivity contribution in [1.82, 2.24) is 0 Å². The number of rotatable bonds is 5. The van der Waals surface area contributed by atoms with Gasteiger partial charge in [0.2, 0.25) is 0 Å². The number of carbonyl (C=O) groups excluding carboxylic acids is 1. The predicted molar refractivity (Wildman–Crippen MR) is 83.4 cm³/mol. The van der Waals surface area contributed by atoms with E-state index in [2.05, 4.69) is 5.32 Å².